The van der Waals surface area contributed by atoms with Crippen molar-refractivity contribution in [3.05, 3.63) is 6.42 Å². The van der Waals surface area contributed by atoms with Gasteiger partial charge < -0.3 is 9.64 Å². The third-order valence-electron chi connectivity index (χ3n) is 1.50. The Balaban J connectivity index is 2.10. The van der Waals surface area contributed by atoms with Crippen molar-refractivity contribution in [3.63, 3.8) is 0 Å². The Morgan fingerprint density at radius 2 is 2.27 bits per heavy atom. The van der Waals surface area contributed by atoms with Crippen molar-refractivity contribution in [2.75, 3.05) is 19.7 Å². The van der Waals surface area contributed by atoms with Gasteiger partial charge >= 0.3 is 6.09 Å². The standard InChI is InChI=1S/C8H14NO2/c1-7(2)6-11-8(10)9-4-3-5-9/h3,7H,4-6H2,1-2H3. The molecule has 0 N–H and O–H groups in total. The van der Waals surface area contributed by atoms with Crippen molar-refractivity contribution in [2.45, 2.75) is 13.8 Å². The van der Waals surface area contributed by atoms with Crippen LogP contribution in [0.2, 0.25) is 0 Å². The lowest BCUT2D eigenvalue weighted by Crippen LogP contribution is -2.43. The molecular formula is C8H14NO2. The molecule has 0 unspecified atom stereocenters. The molecule has 0 aromatic carbocycles. The summed E-state index contributed by atoms with van der Waals surface area (Å²) in [5, 5.41) is 0. The fraction of sp³-hybridized carbons (Fsp3) is 0.750. The Hall–Kier alpha value is -0.730. The fourth-order valence-corrected chi connectivity index (χ4v) is 0.737. The second-order valence-electron chi connectivity index (χ2n) is 3.16. The summed E-state index contributed by atoms with van der Waals surface area (Å²) < 4.78 is 4.97. The summed E-state index contributed by atoms with van der Waals surface area (Å²) >= 11 is 0. The van der Waals surface area contributed by atoms with E-state index in [1.165, 1.54) is 0 Å². The molecule has 1 aliphatic heterocycles. The molecule has 1 aliphatic rings. The van der Waals surface area contributed by atoms with E-state index in [0.29, 0.717) is 12.5 Å². The van der Waals surface area contributed by atoms with Gasteiger partial charge in [-0.05, 0) is 5.92 Å². The maximum absolute atomic E-state index is 11.0. The minimum Gasteiger partial charge on any atom is -0.449 e. The van der Waals surface area contributed by atoms with Crippen LogP contribution in [0.1, 0.15) is 13.8 Å². The average Bonchev–Trinajstić information content (AvgIpc) is 1.79. The van der Waals surface area contributed by atoms with E-state index < -0.39 is 0 Å². The number of ether oxygens (including phenoxy) is 1. The fourth-order valence-electron chi connectivity index (χ4n) is 0.737. The summed E-state index contributed by atoms with van der Waals surface area (Å²) in [5.41, 5.74) is 0. The molecular weight excluding hydrogens is 142 g/mol. The molecule has 0 atom stereocenters. The van der Waals surface area contributed by atoms with E-state index in [9.17, 15) is 4.79 Å². The molecule has 1 saturated heterocycles. The monoisotopic (exact) mass is 156 g/mol. The summed E-state index contributed by atoms with van der Waals surface area (Å²) in [6.07, 6.45) is 1.86. The van der Waals surface area contributed by atoms with Crippen molar-refractivity contribution in [1.29, 1.82) is 0 Å². The van der Waals surface area contributed by atoms with Crippen LogP contribution in [0.5, 0.6) is 0 Å². The van der Waals surface area contributed by atoms with Gasteiger partial charge in [0.25, 0.3) is 0 Å². The lowest BCUT2D eigenvalue weighted by Gasteiger charge is -2.29. The van der Waals surface area contributed by atoms with E-state index in [2.05, 4.69) is 0 Å². The van der Waals surface area contributed by atoms with Crippen LogP contribution >= 0.6 is 0 Å². The molecule has 0 aromatic rings. The molecule has 0 aliphatic carbocycles. The zero-order valence-corrected chi connectivity index (χ0v) is 7.04. The van der Waals surface area contributed by atoms with Gasteiger partial charge in [0, 0.05) is 19.5 Å². The van der Waals surface area contributed by atoms with Crippen molar-refractivity contribution < 1.29 is 9.53 Å². The van der Waals surface area contributed by atoms with E-state index >= 15 is 0 Å². The Bertz CT molecular complexity index is 141. The second-order valence-corrected chi connectivity index (χ2v) is 3.16. The van der Waals surface area contributed by atoms with Gasteiger partial charge in [-0.25, -0.2) is 4.79 Å². The highest BCUT2D eigenvalue weighted by Gasteiger charge is 2.21. The maximum atomic E-state index is 11.0. The van der Waals surface area contributed by atoms with Gasteiger partial charge in [-0.1, -0.05) is 13.8 Å². The molecule has 3 nitrogen and oxygen atoms in total. The number of rotatable bonds is 2. The molecule has 1 heterocycles. The number of hydrogen-bond acceptors (Lipinski definition) is 2. The number of hydrogen-bond donors (Lipinski definition) is 0. The molecule has 0 bridgehead atoms. The lowest BCUT2D eigenvalue weighted by atomic mass is 10.2. The molecule has 1 rings (SSSR count). The summed E-state index contributed by atoms with van der Waals surface area (Å²) in [4.78, 5) is 12.7. The molecule has 1 amide bonds. The van der Waals surface area contributed by atoms with Crippen LogP contribution in [0.4, 0.5) is 4.79 Å². The first kappa shape index (κ1) is 8.37. The minimum absolute atomic E-state index is 0.179. The van der Waals surface area contributed by atoms with Gasteiger partial charge in [-0.3, -0.25) is 0 Å². The molecule has 0 saturated carbocycles. The topological polar surface area (TPSA) is 29.5 Å². The predicted molar refractivity (Wildman–Crippen MR) is 42.1 cm³/mol. The highest BCUT2D eigenvalue weighted by molar-refractivity contribution is 5.69. The number of carbonyl (C=O) groups excluding carboxylic acids is 1. The van der Waals surface area contributed by atoms with Crippen molar-refractivity contribution >= 4 is 6.09 Å². The van der Waals surface area contributed by atoms with Crippen LogP contribution < -0.4 is 0 Å². The molecule has 1 fully saturated rings. The Kier molecular flexibility index (Phi) is 2.74. The van der Waals surface area contributed by atoms with Crippen LogP contribution in [0.25, 0.3) is 0 Å². The van der Waals surface area contributed by atoms with E-state index in [-0.39, 0.29) is 6.09 Å². The van der Waals surface area contributed by atoms with Crippen LogP contribution in [-0.4, -0.2) is 30.7 Å². The quantitative estimate of drug-likeness (QED) is 0.603. The first-order chi connectivity index (χ1) is 5.20. The number of amides is 1. The van der Waals surface area contributed by atoms with Crippen LogP contribution in [0.3, 0.4) is 0 Å². The van der Waals surface area contributed by atoms with Gasteiger partial charge in [0.1, 0.15) is 0 Å². The SMILES string of the molecule is CC(C)COC(=O)N1C[CH]C1. The van der Waals surface area contributed by atoms with Crippen LogP contribution in [0.15, 0.2) is 0 Å². The normalized spacial score (nSPS) is 16.5. The average molecular weight is 156 g/mol. The summed E-state index contributed by atoms with van der Waals surface area (Å²) in [6, 6.07) is 0. The first-order valence-corrected chi connectivity index (χ1v) is 3.93. The predicted octanol–water partition coefficient (Wildman–Crippen LogP) is 1.30. The van der Waals surface area contributed by atoms with E-state index in [0.717, 1.165) is 13.1 Å². The second kappa shape index (κ2) is 3.60. The Morgan fingerprint density at radius 3 is 2.64 bits per heavy atom. The van der Waals surface area contributed by atoms with Gasteiger partial charge in [-0.15, -0.1) is 0 Å². The highest BCUT2D eigenvalue weighted by Crippen LogP contribution is 2.07. The van der Waals surface area contributed by atoms with E-state index in [1.807, 2.05) is 20.3 Å². The minimum atomic E-state index is -0.179. The summed E-state index contributed by atoms with van der Waals surface area (Å²) in [7, 11) is 0. The molecule has 11 heavy (non-hydrogen) atoms. The van der Waals surface area contributed by atoms with Crippen molar-refractivity contribution in [3.8, 4) is 0 Å². The smallest absolute Gasteiger partial charge is 0.409 e. The number of nitrogens with zero attached hydrogens (tertiary/aromatic N) is 1. The molecule has 3 heteroatoms. The number of likely N-dealkylation sites (tertiary alicyclic amines) is 1. The van der Waals surface area contributed by atoms with E-state index in [1.54, 1.807) is 4.90 Å². The van der Waals surface area contributed by atoms with Crippen molar-refractivity contribution in [1.82, 2.24) is 4.90 Å². The zero-order chi connectivity index (χ0) is 8.27. The van der Waals surface area contributed by atoms with Crippen molar-refractivity contribution in [2.24, 2.45) is 5.92 Å². The first-order valence-electron chi connectivity index (χ1n) is 3.93. The van der Waals surface area contributed by atoms with Gasteiger partial charge in [-0.2, -0.15) is 0 Å². The maximum Gasteiger partial charge on any atom is 0.409 e. The summed E-state index contributed by atoms with van der Waals surface area (Å²) in [5.74, 6) is 0.421. The van der Waals surface area contributed by atoms with Gasteiger partial charge in [0.15, 0.2) is 0 Å². The number of carbonyl (C=O) groups is 1. The van der Waals surface area contributed by atoms with Gasteiger partial charge in [0.2, 0.25) is 0 Å². The molecule has 1 radical (unpaired) electrons. The summed E-state index contributed by atoms with van der Waals surface area (Å²) in [6.45, 7) is 6.06. The molecule has 0 spiro atoms. The lowest BCUT2D eigenvalue weighted by molar-refractivity contribution is 0.0854. The third-order valence-corrected chi connectivity index (χ3v) is 1.50. The van der Waals surface area contributed by atoms with E-state index in [4.69, 9.17) is 4.74 Å². The molecule has 0 aromatic heterocycles. The highest BCUT2D eigenvalue weighted by atomic mass is 16.6. The Morgan fingerprint density at radius 1 is 1.64 bits per heavy atom. The van der Waals surface area contributed by atoms with Crippen LogP contribution in [0, 0.1) is 12.3 Å². The third kappa shape index (κ3) is 2.41. The largest absolute Gasteiger partial charge is 0.449 e. The van der Waals surface area contributed by atoms with Gasteiger partial charge in [0.05, 0.1) is 6.61 Å². The zero-order valence-electron chi connectivity index (χ0n) is 7.04. The molecule has 63 valence electrons. The Labute approximate surface area is 67.3 Å². The van der Waals surface area contributed by atoms with Crippen LogP contribution in [-0.2, 0) is 4.74 Å².